The normalized spacial score (nSPS) is 11.7. The van der Waals surface area contributed by atoms with E-state index in [1.165, 1.54) is 0 Å². The van der Waals surface area contributed by atoms with Crippen molar-refractivity contribution >= 4 is 16.9 Å². The van der Waals surface area contributed by atoms with E-state index in [1.54, 1.807) is 7.05 Å². The van der Waals surface area contributed by atoms with Gasteiger partial charge in [-0.3, -0.25) is 9.98 Å². The standard InChI is InChI=1S/C20H25N5O/c1-4-17-16(18(5-2)26-25-17)13-24-20(21-3)23-12-15-9-6-8-14-10-7-11-22-19(14)15/h6-11H,4-5,12-13H2,1-3H3,(H2,21,23,24). The van der Waals surface area contributed by atoms with Crippen molar-refractivity contribution in [2.75, 3.05) is 7.05 Å². The van der Waals surface area contributed by atoms with Gasteiger partial charge in [-0.2, -0.15) is 0 Å². The lowest BCUT2D eigenvalue weighted by Crippen LogP contribution is -2.36. The summed E-state index contributed by atoms with van der Waals surface area (Å²) in [4.78, 5) is 8.81. The van der Waals surface area contributed by atoms with Crippen LogP contribution in [0.4, 0.5) is 0 Å². The van der Waals surface area contributed by atoms with Crippen LogP contribution in [0.15, 0.2) is 46.0 Å². The number of guanidine groups is 1. The number of para-hydroxylation sites is 1. The Kier molecular flexibility index (Phi) is 5.84. The number of fused-ring (bicyclic) bond motifs is 1. The Morgan fingerprint density at radius 1 is 1.08 bits per heavy atom. The fourth-order valence-corrected chi connectivity index (χ4v) is 3.02. The van der Waals surface area contributed by atoms with Crippen molar-refractivity contribution in [1.29, 1.82) is 0 Å². The predicted octanol–water partition coefficient (Wildman–Crippen LogP) is 3.21. The average molecular weight is 351 g/mol. The zero-order valence-corrected chi connectivity index (χ0v) is 15.5. The number of rotatable bonds is 6. The van der Waals surface area contributed by atoms with Crippen molar-refractivity contribution in [2.24, 2.45) is 4.99 Å². The number of nitrogens with one attached hydrogen (secondary N) is 2. The van der Waals surface area contributed by atoms with E-state index in [1.807, 2.05) is 12.3 Å². The average Bonchev–Trinajstić information content (AvgIpc) is 3.10. The number of aliphatic imine (C=N–C) groups is 1. The van der Waals surface area contributed by atoms with Crippen LogP contribution in [0.1, 0.15) is 36.4 Å². The number of pyridine rings is 1. The third-order valence-electron chi connectivity index (χ3n) is 4.43. The van der Waals surface area contributed by atoms with Crippen LogP contribution >= 0.6 is 0 Å². The molecule has 2 N–H and O–H groups in total. The third-order valence-corrected chi connectivity index (χ3v) is 4.43. The van der Waals surface area contributed by atoms with Crippen LogP contribution in [0.25, 0.3) is 10.9 Å². The van der Waals surface area contributed by atoms with Gasteiger partial charge in [-0.05, 0) is 18.1 Å². The molecule has 0 aliphatic rings. The minimum absolute atomic E-state index is 0.642. The summed E-state index contributed by atoms with van der Waals surface area (Å²) < 4.78 is 5.42. The molecule has 0 amide bonds. The lowest BCUT2D eigenvalue weighted by Gasteiger charge is -2.13. The molecule has 0 saturated carbocycles. The first-order valence-electron chi connectivity index (χ1n) is 9.00. The summed E-state index contributed by atoms with van der Waals surface area (Å²) in [5, 5.41) is 12.0. The van der Waals surface area contributed by atoms with Gasteiger partial charge in [-0.1, -0.05) is 43.3 Å². The number of aromatic nitrogens is 2. The van der Waals surface area contributed by atoms with E-state index >= 15 is 0 Å². The molecule has 6 nitrogen and oxygen atoms in total. The van der Waals surface area contributed by atoms with Crippen LogP contribution in [0.2, 0.25) is 0 Å². The van der Waals surface area contributed by atoms with E-state index in [9.17, 15) is 0 Å². The van der Waals surface area contributed by atoms with Gasteiger partial charge in [0.25, 0.3) is 0 Å². The molecule has 136 valence electrons. The fourth-order valence-electron chi connectivity index (χ4n) is 3.02. The van der Waals surface area contributed by atoms with Gasteiger partial charge in [0.2, 0.25) is 0 Å². The first kappa shape index (κ1) is 17.9. The Morgan fingerprint density at radius 3 is 2.65 bits per heavy atom. The Bertz CT molecular complexity index is 873. The highest BCUT2D eigenvalue weighted by molar-refractivity contribution is 5.83. The lowest BCUT2D eigenvalue weighted by molar-refractivity contribution is 0.380. The van der Waals surface area contributed by atoms with Gasteiger partial charge < -0.3 is 15.2 Å². The van der Waals surface area contributed by atoms with Crippen LogP contribution in [-0.2, 0) is 25.9 Å². The highest BCUT2D eigenvalue weighted by Crippen LogP contribution is 2.16. The van der Waals surface area contributed by atoms with Gasteiger partial charge in [0.05, 0.1) is 11.2 Å². The fraction of sp³-hybridized carbons (Fsp3) is 0.350. The molecule has 0 aliphatic carbocycles. The highest BCUT2D eigenvalue weighted by atomic mass is 16.5. The molecule has 0 spiro atoms. The van der Waals surface area contributed by atoms with E-state index in [0.717, 1.165) is 52.3 Å². The lowest BCUT2D eigenvalue weighted by atomic mass is 10.1. The van der Waals surface area contributed by atoms with Gasteiger partial charge in [0.15, 0.2) is 5.96 Å². The minimum atomic E-state index is 0.642. The van der Waals surface area contributed by atoms with Gasteiger partial charge >= 0.3 is 0 Å². The molecule has 3 aromatic rings. The highest BCUT2D eigenvalue weighted by Gasteiger charge is 2.13. The third kappa shape index (κ3) is 3.85. The van der Waals surface area contributed by atoms with E-state index in [-0.39, 0.29) is 0 Å². The molecule has 0 unspecified atom stereocenters. The van der Waals surface area contributed by atoms with Crippen LogP contribution in [0.5, 0.6) is 0 Å². The van der Waals surface area contributed by atoms with Gasteiger partial charge in [0, 0.05) is 43.7 Å². The van der Waals surface area contributed by atoms with Crippen molar-refractivity contribution in [3.63, 3.8) is 0 Å². The van der Waals surface area contributed by atoms with Crippen LogP contribution < -0.4 is 10.6 Å². The topological polar surface area (TPSA) is 75.3 Å². The molecule has 3 rings (SSSR count). The molecule has 0 radical (unpaired) electrons. The number of nitrogens with zero attached hydrogens (tertiary/aromatic N) is 3. The molecule has 0 aliphatic heterocycles. The zero-order chi connectivity index (χ0) is 18.4. The minimum Gasteiger partial charge on any atom is -0.361 e. The summed E-state index contributed by atoms with van der Waals surface area (Å²) in [7, 11) is 1.77. The molecule has 6 heteroatoms. The molecular formula is C20H25N5O. The SMILES string of the molecule is CCc1noc(CC)c1CNC(=NC)NCc1cccc2cccnc12. The summed E-state index contributed by atoms with van der Waals surface area (Å²) in [5.74, 6) is 1.67. The van der Waals surface area contributed by atoms with Crippen molar-refractivity contribution in [2.45, 2.75) is 39.8 Å². The maximum Gasteiger partial charge on any atom is 0.191 e. The summed E-state index contributed by atoms with van der Waals surface area (Å²) in [6.45, 7) is 5.45. The molecule has 1 aromatic carbocycles. The van der Waals surface area contributed by atoms with Crippen LogP contribution in [-0.4, -0.2) is 23.1 Å². The number of aryl methyl sites for hydroxylation is 2. The van der Waals surface area contributed by atoms with E-state index in [0.29, 0.717) is 13.1 Å². The quantitative estimate of drug-likeness (QED) is 0.527. The van der Waals surface area contributed by atoms with E-state index in [4.69, 9.17) is 4.52 Å². The molecule has 26 heavy (non-hydrogen) atoms. The Hall–Kier alpha value is -2.89. The second kappa shape index (κ2) is 8.47. The molecule has 0 bridgehead atoms. The van der Waals surface area contributed by atoms with Crippen LogP contribution in [0, 0.1) is 0 Å². The largest absolute Gasteiger partial charge is 0.361 e. The number of benzene rings is 1. The molecule has 0 saturated heterocycles. The van der Waals surface area contributed by atoms with Crippen molar-refractivity contribution in [3.05, 3.63) is 59.1 Å². The van der Waals surface area contributed by atoms with Gasteiger partial charge in [0.1, 0.15) is 5.76 Å². The number of hydrogen-bond donors (Lipinski definition) is 2. The van der Waals surface area contributed by atoms with Gasteiger partial charge in [-0.15, -0.1) is 0 Å². The zero-order valence-electron chi connectivity index (χ0n) is 15.5. The van der Waals surface area contributed by atoms with Crippen molar-refractivity contribution in [1.82, 2.24) is 20.8 Å². The summed E-state index contributed by atoms with van der Waals surface area (Å²) >= 11 is 0. The smallest absolute Gasteiger partial charge is 0.191 e. The summed E-state index contributed by atoms with van der Waals surface area (Å²) in [6.07, 6.45) is 3.51. The van der Waals surface area contributed by atoms with Crippen molar-refractivity contribution < 1.29 is 4.52 Å². The first-order valence-corrected chi connectivity index (χ1v) is 9.00. The first-order chi connectivity index (χ1) is 12.8. The maximum atomic E-state index is 5.42. The summed E-state index contributed by atoms with van der Waals surface area (Å²) in [5.41, 5.74) is 4.28. The van der Waals surface area contributed by atoms with Crippen LogP contribution in [0.3, 0.4) is 0 Å². The Balaban J connectivity index is 1.66. The van der Waals surface area contributed by atoms with E-state index in [2.05, 4.69) is 63.9 Å². The molecule has 0 atom stereocenters. The molecule has 0 fully saturated rings. The van der Waals surface area contributed by atoms with Crippen molar-refractivity contribution in [3.8, 4) is 0 Å². The van der Waals surface area contributed by atoms with Gasteiger partial charge in [-0.25, -0.2) is 0 Å². The monoisotopic (exact) mass is 351 g/mol. The second-order valence-corrected chi connectivity index (χ2v) is 6.01. The second-order valence-electron chi connectivity index (χ2n) is 6.01. The Labute approximate surface area is 153 Å². The molecule has 2 heterocycles. The predicted molar refractivity (Wildman–Crippen MR) is 104 cm³/mol. The molecular weight excluding hydrogens is 326 g/mol. The molecule has 2 aromatic heterocycles. The summed E-state index contributed by atoms with van der Waals surface area (Å²) in [6, 6.07) is 10.2. The Morgan fingerprint density at radius 2 is 1.88 bits per heavy atom. The van der Waals surface area contributed by atoms with E-state index < -0.39 is 0 Å². The number of hydrogen-bond acceptors (Lipinski definition) is 4. The maximum absolute atomic E-state index is 5.42.